The van der Waals surface area contributed by atoms with Crippen LogP contribution in [0.15, 0.2) is 18.2 Å². The molecule has 2 heteroatoms. The number of ether oxygens (including phenoxy) is 1. The Morgan fingerprint density at radius 3 is 2.72 bits per heavy atom. The van der Waals surface area contributed by atoms with Crippen LogP contribution in [0.1, 0.15) is 42.4 Å². The molecule has 98 valence electrons. The molecule has 18 heavy (non-hydrogen) atoms. The van der Waals surface area contributed by atoms with E-state index in [1.807, 2.05) is 7.11 Å². The number of aryl methyl sites for hydroxylation is 1. The Bertz CT molecular complexity index is 433. The van der Waals surface area contributed by atoms with E-state index in [1.165, 1.54) is 42.4 Å². The summed E-state index contributed by atoms with van der Waals surface area (Å²) in [6, 6.07) is 7.69. The number of rotatable bonds is 6. The van der Waals surface area contributed by atoms with Crippen LogP contribution in [0.2, 0.25) is 0 Å². The maximum absolute atomic E-state index is 5.43. The summed E-state index contributed by atoms with van der Waals surface area (Å²) < 4.78 is 5.43. The second kappa shape index (κ2) is 4.67. The van der Waals surface area contributed by atoms with Crippen molar-refractivity contribution in [2.24, 2.45) is 0 Å². The molecule has 0 aliphatic heterocycles. The smallest absolute Gasteiger partial charge is 0.0559 e. The fourth-order valence-corrected chi connectivity index (χ4v) is 2.85. The molecule has 1 aromatic carbocycles. The molecule has 2 fully saturated rings. The Morgan fingerprint density at radius 2 is 2.11 bits per heavy atom. The van der Waals surface area contributed by atoms with Crippen LogP contribution in [-0.4, -0.2) is 19.8 Å². The molecule has 0 amide bonds. The predicted octanol–water partition coefficient (Wildman–Crippen LogP) is 2.93. The third-order valence-corrected chi connectivity index (χ3v) is 4.26. The summed E-state index contributed by atoms with van der Waals surface area (Å²) in [4.78, 5) is 0. The molecule has 0 saturated heterocycles. The van der Waals surface area contributed by atoms with Gasteiger partial charge in [-0.3, -0.25) is 0 Å². The molecule has 0 radical (unpaired) electrons. The zero-order chi connectivity index (χ0) is 12.6. The topological polar surface area (TPSA) is 21.3 Å². The van der Waals surface area contributed by atoms with E-state index in [1.54, 1.807) is 0 Å². The van der Waals surface area contributed by atoms with E-state index in [0.717, 1.165) is 19.2 Å². The van der Waals surface area contributed by atoms with Crippen molar-refractivity contribution in [1.29, 1.82) is 0 Å². The van der Waals surface area contributed by atoms with Crippen LogP contribution in [0.4, 0.5) is 0 Å². The van der Waals surface area contributed by atoms with Crippen LogP contribution in [-0.2, 0) is 16.7 Å². The molecule has 3 rings (SSSR count). The molecule has 0 bridgehead atoms. The maximum Gasteiger partial charge on any atom is 0.0559 e. The van der Waals surface area contributed by atoms with Gasteiger partial charge in [0.15, 0.2) is 0 Å². The number of hydrogen-bond acceptors (Lipinski definition) is 2. The Kier molecular flexibility index (Phi) is 3.16. The van der Waals surface area contributed by atoms with Gasteiger partial charge >= 0.3 is 0 Å². The van der Waals surface area contributed by atoms with Crippen molar-refractivity contribution in [3.05, 3.63) is 34.9 Å². The van der Waals surface area contributed by atoms with Crippen molar-refractivity contribution < 1.29 is 4.74 Å². The molecule has 1 aromatic rings. The summed E-state index contributed by atoms with van der Waals surface area (Å²) in [7, 11) is 1.82. The van der Waals surface area contributed by atoms with Crippen molar-refractivity contribution >= 4 is 0 Å². The Labute approximate surface area is 110 Å². The lowest BCUT2D eigenvalue weighted by Crippen LogP contribution is -2.21. The molecule has 0 unspecified atom stereocenters. The van der Waals surface area contributed by atoms with Crippen LogP contribution in [0.3, 0.4) is 0 Å². The molecule has 1 N–H and O–H groups in total. The zero-order valence-corrected chi connectivity index (χ0v) is 11.5. The van der Waals surface area contributed by atoms with Crippen molar-refractivity contribution in [2.75, 3.05) is 13.7 Å². The summed E-state index contributed by atoms with van der Waals surface area (Å²) in [5.74, 6) is 0. The minimum atomic E-state index is 0.322. The molecular formula is C16H23NO. The lowest BCUT2D eigenvalue weighted by Gasteiger charge is -2.20. The first-order chi connectivity index (χ1) is 8.73. The highest BCUT2D eigenvalue weighted by atomic mass is 16.5. The molecule has 2 aliphatic rings. The minimum absolute atomic E-state index is 0.322. The predicted molar refractivity (Wildman–Crippen MR) is 73.8 cm³/mol. The largest absolute Gasteiger partial charge is 0.384 e. The molecule has 0 aromatic heterocycles. The molecule has 2 saturated carbocycles. The van der Waals surface area contributed by atoms with Gasteiger partial charge in [0.1, 0.15) is 0 Å². The van der Waals surface area contributed by atoms with Crippen LogP contribution in [0, 0.1) is 6.92 Å². The van der Waals surface area contributed by atoms with Crippen molar-refractivity contribution in [1.82, 2.24) is 5.32 Å². The third-order valence-electron chi connectivity index (χ3n) is 4.26. The first kappa shape index (κ1) is 12.2. The average molecular weight is 245 g/mol. The quantitative estimate of drug-likeness (QED) is 0.832. The fraction of sp³-hybridized carbons (Fsp3) is 0.625. The van der Waals surface area contributed by atoms with E-state index in [-0.39, 0.29) is 0 Å². The molecule has 0 heterocycles. The summed E-state index contributed by atoms with van der Waals surface area (Å²) in [6.45, 7) is 4.07. The second-order valence-corrected chi connectivity index (χ2v) is 6.03. The fourth-order valence-electron chi connectivity index (χ4n) is 2.85. The zero-order valence-electron chi connectivity index (χ0n) is 11.5. The standard InChI is InChI=1S/C16H23NO/c1-12-3-6-15(16(7-8-16)11-18-2)13(9-12)10-17-14-4-5-14/h3,6,9,14,17H,4-5,7-8,10-11H2,1-2H3. The van der Waals surface area contributed by atoms with Crippen LogP contribution >= 0.6 is 0 Å². The monoisotopic (exact) mass is 245 g/mol. The van der Waals surface area contributed by atoms with Crippen molar-refractivity contribution in [3.63, 3.8) is 0 Å². The normalized spacial score (nSPS) is 21.0. The van der Waals surface area contributed by atoms with Gasteiger partial charge < -0.3 is 10.1 Å². The first-order valence-electron chi connectivity index (χ1n) is 7.06. The first-order valence-corrected chi connectivity index (χ1v) is 7.06. The second-order valence-electron chi connectivity index (χ2n) is 6.03. The van der Waals surface area contributed by atoms with Gasteiger partial charge in [-0.15, -0.1) is 0 Å². The van der Waals surface area contributed by atoms with Gasteiger partial charge in [0.05, 0.1) is 6.61 Å². The van der Waals surface area contributed by atoms with E-state index >= 15 is 0 Å². The number of methoxy groups -OCH3 is 1. The van der Waals surface area contributed by atoms with Gasteiger partial charge in [0, 0.05) is 25.1 Å². The van der Waals surface area contributed by atoms with Gasteiger partial charge in [-0.25, -0.2) is 0 Å². The van der Waals surface area contributed by atoms with Crippen molar-refractivity contribution in [3.8, 4) is 0 Å². The maximum atomic E-state index is 5.43. The summed E-state index contributed by atoms with van der Waals surface area (Å²) in [5.41, 5.74) is 4.68. The third kappa shape index (κ3) is 2.45. The van der Waals surface area contributed by atoms with Gasteiger partial charge in [0.2, 0.25) is 0 Å². The van der Waals surface area contributed by atoms with Gasteiger partial charge in [-0.05, 0) is 43.7 Å². The molecule has 0 atom stereocenters. The highest BCUT2D eigenvalue weighted by Crippen LogP contribution is 2.49. The van der Waals surface area contributed by atoms with Crippen LogP contribution in [0.5, 0.6) is 0 Å². The van der Waals surface area contributed by atoms with Crippen LogP contribution in [0.25, 0.3) is 0 Å². The van der Waals surface area contributed by atoms with E-state index in [2.05, 4.69) is 30.4 Å². The van der Waals surface area contributed by atoms with Gasteiger partial charge in [-0.1, -0.05) is 23.8 Å². The van der Waals surface area contributed by atoms with Crippen LogP contribution < -0.4 is 5.32 Å². The molecule has 0 spiro atoms. The highest BCUT2D eigenvalue weighted by molar-refractivity contribution is 5.41. The average Bonchev–Trinajstić information content (AvgIpc) is 3.22. The van der Waals surface area contributed by atoms with Gasteiger partial charge in [0.25, 0.3) is 0 Å². The minimum Gasteiger partial charge on any atom is -0.384 e. The summed E-state index contributed by atoms with van der Waals surface area (Å²) in [5, 5.41) is 3.64. The number of nitrogens with one attached hydrogen (secondary N) is 1. The Hall–Kier alpha value is -0.860. The molecular weight excluding hydrogens is 222 g/mol. The Balaban J connectivity index is 1.82. The summed E-state index contributed by atoms with van der Waals surface area (Å²) >= 11 is 0. The SMILES string of the molecule is COCC1(c2ccc(C)cc2CNC2CC2)CC1. The number of benzene rings is 1. The number of hydrogen-bond donors (Lipinski definition) is 1. The van der Waals surface area contributed by atoms with E-state index in [4.69, 9.17) is 4.74 Å². The molecule has 2 aliphatic carbocycles. The lowest BCUT2D eigenvalue weighted by atomic mass is 9.90. The summed E-state index contributed by atoms with van der Waals surface area (Å²) in [6.07, 6.45) is 5.26. The van der Waals surface area contributed by atoms with Gasteiger partial charge in [-0.2, -0.15) is 0 Å². The van der Waals surface area contributed by atoms with E-state index in [9.17, 15) is 0 Å². The van der Waals surface area contributed by atoms with E-state index < -0.39 is 0 Å². The Morgan fingerprint density at radius 1 is 1.33 bits per heavy atom. The van der Waals surface area contributed by atoms with Crippen molar-refractivity contribution in [2.45, 2.75) is 50.6 Å². The van der Waals surface area contributed by atoms with E-state index in [0.29, 0.717) is 5.41 Å². The lowest BCUT2D eigenvalue weighted by molar-refractivity contribution is 0.171. The molecule has 2 nitrogen and oxygen atoms in total. The highest BCUT2D eigenvalue weighted by Gasteiger charge is 2.45.